The molecular weight excluding hydrogens is 300 g/mol. The van der Waals surface area contributed by atoms with Gasteiger partial charge in [0.15, 0.2) is 0 Å². The number of likely N-dealkylation sites (tertiary alicyclic amines) is 2. The first kappa shape index (κ1) is 15.7. The van der Waals surface area contributed by atoms with Gasteiger partial charge in [0.25, 0.3) is 5.91 Å². The molecule has 24 heavy (non-hydrogen) atoms. The Morgan fingerprint density at radius 1 is 0.917 bits per heavy atom. The predicted octanol–water partition coefficient (Wildman–Crippen LogP) is 3.08. The number of nitrogens with zero attached hydrogens (tertiary/aromatic N) is 2. The predicted molar refractivity (Wildman–Crippen MR) is 92.6 cm³/mol. The summed E-state index contributed by atoms with van der Waals surface area (Å²) in [6.45, 7) is 1.72. The molecule has 2 amide bonds. The summed E-state index contributed by atoms with van der Waals surface area (Å²) in [4.78, 5) is 30.2. The van der Waals surface area contributed by atoms with Crippen molar-refractivity contribution in [1.29, 1.82) is 0 Å². The van der Waals surface area contributed by atoms with Crippen LogP contribution in [0.2, 0.25) is 0 Å². The summed E-state index contributed by atoms with van der Waals surface area (Å²) in [6, 6.07) is 9.48. The third-order valence-electron chi connectivity index (χ3n) is 6.05. The van der Waals surface area contributed by atoms with Crippen LogP contribution in [0.3, 0.4) is 0 Å². The smallest absolute Gasteiger partial charge is 0.254 e. The first-order valence-corrected chi connectivity index (χ1v) is 9.42. The molecule has 2 saturated heterocycles. The maximum Gasteiger partial charge on any atom is 0.254 e. The summed E-state index contributed by atoms with van der Waals surface area (Å²) in [5.74, 6) is 0.733. The van der Waals surface area contributed by atoms with E-state index in [1.807, 2.05) is 40.1 Å². The highest BCUT2D eigenvalue weighted by atomic mass is 16.2. The Balaban J connectivity index is 1.63. The van der Waals surface area contributed by atoms with Crippen molar-refractivity contribution in [2.75, 3.05) is 13.1 Å². The van der Waals surface area contributed by atoms with Crippen LogP contribution in [0.4, 0.5) is 0 Å². The standard InChI is InChI=1S/C20H26N2O2/c23-19(15-8-2-1-3-9-15)22-17-11-5-4-10-16(17)14-18(22)20(24)21-12-6-7-13-21/h1-3,8-9,16-18H,4-7,10-14H2. The van der Waals surface area contributed by atoms with E-state index >= 15 is 0 Å². The Bertz CT molecular complexity index is 609. The molecule has 0 N–H and O–H groups in total. The van der Waals surface area contributed by atoms with Crippen LogP contribution in [-0.4, -0.2) is 46.8 Å². The van der Waals surface area contributed by atoms with Crippen LogP contribution in [0.25, 0.3) is 0 Å². The minimum absolute atomic E-state index is 0.0440. The molecule has 0 radical (unpaired) electrons. The number of carbonyl (C=O) groups excluding carboxylic acids is 2. The van der Waals surface area contributed by atoms with Gasteiger partial charge in [-0.3, -0.25) is 9.59 Å². The molecule has 0 aromatic heterocycles. The lowest BCUT2D eigenvalue weighted by Gasteiger charge is -2.34. The molecule has 3 fully saturated rings. The molecule has 3 unspecified atom stereocenters. The van der Waals surface area contributed by atoms with Crippen molar-refractivity contribution >= 4 is 11.8 Å². The molecule has 128 valence electrons. The summed E-state index contributed by atoms with van der Waals surface area (Å²) >= 11 is 0. The molecule has 2 heterocycles. The number of hydrogen-bond acceptors (Lipinski definition) is 2. The molecule has 4 heteroatoms. The Kier molecular flexibility index (Phi) is 4.30. The first-order valence-electron chi connectivity index (χ1n) is 9.42. The van der Waals surface area contributed by atoms with Crippen LogP contribution in [0.15, 0.2) is 30.3 Å². The number of carbonyl (C=O) groups is 2. The Morgan fingerprint density at radius 2 is 1.62 bits per heavy atom. The molecule has 1 saturated carbocycles. The number of benzene rings is 1. The second-order valence-electron chi connectivity index (χ2n) is 7.47. The normalized spacial score (nSPS) is 29.6. The molecule has 4 nitrogen and oxygen atoms in total. The Labute approximate surface area is 143 Å². The summed E-state index contributed by atoms with van der Waals surface area (Å²) in [7, 11) is 0. The van der Waals surface area contributed by atoms with E-state index in [0.717, 1.165) is 45.2 Å². The largest absolute Gasteiger partial charge is 0.341 e. The van der Waals surface area contributed by atoms with Gasteiger partial charge in [0.2, 0.25) is 5.91 Å². The molecule has 0 bridgehead atoms. The van der Waals surface area contributed by atoms with Crippen LogP contribution in [0.1, 0.15) is 55.3 Å². The lowest BCUT2D eigenvalue weighted by Crippen LogP contribution is -2.50. The Hall–Kier alpha value is -1.84. The lowest BCUT2D eigenvalue weighted by molar-refractivity contribution is -0.134. The Morgan fingerprint density at radius 3 is 2.38 bits per heavy atom. The zero-order valence-electron chi connectivity index (χ0n) is 14.2. The fourth-order valence-corrected chi connectivity index (χ4v) is 4.85. The van der Waals surface area contributed by atoms with Crippen molar-refractivity contribution in [2.24, 2.45) is 5.92 Å². The first-order chi connectivity index (χ1) is 11.8. The molecular formula is C20H26N2O2. The highest BCUT2D eigenvalue weighted by Gasteiger charge is 2.48. The molecule has 4 rings (SSSR count). The van der Waals surface area contributed by atoms with Crippen molar-refractivity contribution in [1.82, 2.24) is 9.80 Å². The second kappa shape index (κ2) is 6.58. The van der Waals surface area contributed by atoms with Crippen LogP contribution in [0, 0.1) is 5.92 Å². The maximum absolute atomic E-state index is 13.2. The zero-order chi connectivity index (χ0) is 16.5. The van der Waals surface area contributed by atoms with Crippen molar-refractivity contribution in [3.8, 4) is 0 Å². The van der Waals surface area contributed by atoms with E-state index in [-0.39, 0.29) is 23.9 Å². The van der Waals surface area contributed by atoms with Gasteiger partial charge in [0, 0.05) is 24.7 Å². The summed E-state index contributed by atoms with van der Waals surface area (Å²) < 4.78 is 0. The quantitative estimate of drug-likeness (QED) is 0.838. The van der Waals surface area contributed by atoms with Gasteiger partial charge in [-0.15, -0.1) is 0 Å². The van der Waals surface area contributed by atoms with E-state index in [0.29, 0.717) is 11.5 Å². The van der Waals surface area contributed by atoms with Gasteiger partial charge in [-0.1, -0.05) is 31.0 Å². The van der Waals surface area contributed by atoms with Gasteiger partial charge in [0.1, 0.15) is 6.04 Å². The number of hydrogen-bond donors (Lipinski definition) is 0. The van der Waals surface area contributed by atoms with Crippen LogP contribution >= 0.6 is 0 Å². The zero-order valence-corrected chi connectivity index (χ0v) is 14.2. The lowest BCUT2D eigenvalue weighted by atomic mass is 9.84. The van der Waals surface area contributed by atoms with E-state index in [2.05, 4.69) is 0 Å². The summed E-state index contributed by atoms with van der Waals surface area (Å²) in [5.41, 5.74) is 0.711. The van der Waals surface area contributed by atoms with Gasteiger partial charge in [-0.25, -0.2) is 0 Å². The van der Waals surface area contributed by atoms with Crippen LogP contribution < -0.4 is 0 Å². The highest BCUT2D eigenvalue weighted by molar-refractivity contribution is 5.98. The van der Waals surface area contributed by atoms with Crippen molar-refractivity contribution in [3.63, 3.8) is 0 Å². The third-order valence-corrected chi connectivity index (χ3v) is 6.05. The van der Waals surface area contributed by atoms with Crippen LogP contribution in [0.5, 0.6) is 0 Å². The highest BCUT2D eigenvalue weighted by Crippen LogP contribution is 2.41. The van der Waals surface area contributed by atoms with Gasteiger partial charge < -0.3 is 9.80 Å². The maximum atomic E-state index is 13.2. The van der Waals surface area contributed by atoms with Crippen molar-refractivity contribution in [3.05, 3.63) is 35.9 Å². The number of amides is 2. The second-order valence-corrected chi connectivity index (χ2v) is 7.47. The average molecular weight is 326 g/mol. The topological polar surface area (TPSA) is 40.6 Å². The van der Waals surface area contributed by atoms with Gasteiger partial charge in [-0.05, 0) is 50.2 Å². The van der Waals surface area contributed by atoms with E-state index in [1.165, 1.54) is 12.8 Å². The van der Waals surface area contributed by atoms with E-state index in [9.17, 15) is 9.59 Å². The monoisotopic (exact) mass is 326 g/mol. The van der Waals surface area contributed by atoms with E-state index in [4.69, 9.17) is 0 Å². The third kappa shape index (κ3) is 2.72. The number of rotatable bonds is 2. The van der Waals surface area contributed by atoms with Crippen molar-refractivity contribution in [2.45, 2.75) is 57.0 Å². The van der Waals surface area contributed by atoms with Gasteiger partial charge >= 0.3 is 0 Å². The molecule has 1 aromatic carbocycles. The average Bonchev–Trinajstić information content (AvgIpc) is 3.29. The fraction of sp³-hybridized carbons (Fsp3) is 0.600. The molecule has 3 atom stereocenters. The minimum atomic E-state index is -0.246. The van der Waals surface area contributed by atoms with Crippen LogP contribution in [-0.2, 0) is 4.79 Å². The molecule has 0 spiro atoms. The number of fused-ring (bicyclic) bond motifs is 1. The minimum Gasteiger partial charge on any atom is -0.341 e. The van der Waals surface area contributed by atoms with Gasteiger partial charge in [-0.2, -0.15) is 0 Å². The molecule has 1 aliphatic carbocycles. The molecule has 2 aliphatic heterocycles. The van der Waals surface area contributed by atoms with Crippen molar-refractivity contribution < 1.29 is 9.59 Å². The fourth-order valence-electron chi connectivity index (χ4n) is 4.85. The summed E-state index contributed by atoms with van der Waals surface area (Å²) in [5, 5.41) is 0. The summed E-state index contributed by atoms with van der Waals surface area (Å²) in [6.07, 6.45) is 7.66. The molecule has 1 aromatic rings. The van der Waals surface area contributed by atoms with E-state index in [1.54, 1.807) is 0 Å². The van der Waals surface area contributed by atoms with Gasteiger partial charge in [0.05, 0.1) is 0 Å². The molecule has 3 aliphatic rings. The SMILES string of the molecule is O=C(C1CC2CCCCC2N1C(=O)c1ccccc1)N1CCCC1. The van der Waals surface area contributed by atoms with E-state index < -0.39 is 0 Å².